The molecule has 3 aromatic heterocycles. The van der Waals surface area contributed by atoms with E-state index >= 15 is 0 Å². The Balaban J connectivity index is 1.12. The molecule has 0 unspecified atom stereocenters. The Bertz CT molecular complexity index is 3400. The zero-order chi connectivity index (χ0) is 36.4. The van der Waals surface area contributed by atoms with Crippen molar-refractivity contribution in [2.45, 2.75) is 13.1 Å². The number of nitrogens with zero attached hydrogens (tertiary/aromatic N) is 3. The highest BCUT2D eigenvalue weighted by Crippen LogP contribution is 2.42. The van der Waals surface area contributed by atoms with Crippen molar-refractivity contribution in [2.24, 2.45) is 0 Å². The second-order valence-corrected chi connectivity index (χ2v) is 20.7. The molecule has 258 valence electrons. The van der Waals surface area contributed by atoms with Crippen LogP contribution >= 0.6 is 11.3 Å². The molecular formula is C50H33N3SSi. The summed E-state index contributed by atoms with van der Waals surface area (Å²) in [5.74, 6) is 0.699. The van der Waals surface area contributed by atoms with E-state index in [1.54, 1.807) is 11.3 Å². The molecule has 0 fully saturated rings. The standard InChI is InChI=1S/C50H33N3SSi/c1-55(2)45-21-10-7-16-37(45)38-27-26-33-28-41-36-15-5-8-19-42(36)53(43(41)29-40(33)48(38)55)50-51-47(46-39-17-6-9-20-44(39)54-49(46)52-50)32-24-22-31(23-25-32)35-18-11-13-30-12-3-4-14-34(30)35/h3-29H,1-2H3. The first kappa shape index (κ1) is 31.0. The summed E-state index contributed by atoms with van der Waals surface area (Å²) < 4.78 is 3.53. The Kier molecular flexibility index (Phi) is 6.37. The van der Waals surface area contributed by atoms with Gasteiger partial charge >= 0.3 is 0 Å². The molecule has 55 heavy (non-hydrogen) atoms. The van der Waals surface area contributed by atoms with Gasteiger partial charge in [0.1, 0.15) is 12.9 Å². The predicted molar refractivity (Wildman–Crippen MR) is 237 cm³/mol. The molecule has 8 aromatic carbocycles. The van der Waals surface area contributed by atoms with Crippen LogP contribution in [0, 0.1) is 0 Å². The van der Waals surface area contributed by atoms with E-state index in [1.807, 2.05) is 0 Å². The molecule has 3 nitrogen and oxygen atoms in total. The Morgan fingerprint density at radius 1 is 0.491 bits per heavy atom. The maximum atomic E-state index is 5.57. The van der Waals surface area contributed by atoms with Gasteiger partial charge in [-0.2, -0.15) is 0 Å². The maximum absolute atomic E-state index is 5.57. The predicted octanol–water partition coefficient (Wildman–Crippen LogP) is 12.4. The van der Waals surface area contributed by atoms with E-state index in [2.05, 4.69) is 181 Å². The first-order chi connectivity index (χ1) is 27.0. The number of benzene rings is 8. The second-order valence-electron chi connectivity index (χ2n) is 15.4. The Labute approximate surface area is 322 Å². The van der Waals surface area contributed by atoms with Crippen LogP contribution in [0.25, 0.3) is 103 Å². The van der Waals surface area contributed by atoms with Crippen LogP contribution in [-0.2, 0) is 0 Å². The summed E-state index contributed by atoms with van der Waals surface area (Å²) in [6, 6.07) is 60.1. The van der Waals surface area contributed by atoms with Gasteiger partial charge in [0.25, 0.3) is 0 Å². The highest BCUT2D eigenvalue weighted by atomic mass is 32.1. The molecule has 0 radical (unpaired) electrons. The third-order valence-electron chi connectivity index (χ3n) is 12.0. The number of hydrogen-bond acceptors (Lipinski definition) is 3. The molecule has 1 aliphatic rings. The van der Waals surface area contributed by atoms with Gasteiger partial charge in [-0.25, -0.2) is 9.97 Å². The molecule has 0 amide bonds. The normalized spacial score (nSPS) is 13.4. The quantitative estimate of drug-likeness (QED) is 0.169. The van der Waals surface area contributed by atoms with Crippen LogP contribution in [0.15, 0.2) is 164 Å². The average Bonchev–Trinajstić information content (AvgIpc) is 3.84. The van der Waals surface area contributed by atoms with Crippen LogP contribution in [0.4, 0.5) is 0 Å². The minimum atomic E-state index is -1.96. The number of fused-ring (bicyclic) bond motifs is 12. The largest absolute Gasteiger partial charge is 0.278 e. The van der Waals surface area contributed by atoms with Crippen molar-refractivity contribution in [3.05, 3.63) is 164 Å². The Morgan fingerprint density at radius 3 is 2.09 bits per heavy atom. The summed E-state index contributed by atoms with van der Waals surface area (Å²) in [6.45, 7) is 5.01. The van der Waals surface area contributed by atoms with Gasteiger partial charge in [0.05, 0.1) is 16.7 Å². The second kappa shape index (κ2) is 11.3. The highest BCUT2D eigenvalue weighted by molar-refractivity contribution is 7.25. The highest BCUT2D eigenvalue weighted by Gasteiger charge is 2.38. The Hall–Kier alpha value is -6.40. The zero-order valence-corrected chi connectivity index (χ0v) is 32.2. The van der Waals surface area contributed by atoms with Crippen LogP contribution in [0.3, 0.4) is 0 Å². The first-order valence-corrected chi connectivity index (χ1v) is 22.7. The fraction of sp³-hybridized carbons (Fsp3) is 0.0400. The summed E-state index contributed by atoms with van der Waals surface area (Å²) in [5.41, 5.74) is 9.50. The van der Waals surface area contributed by atoms with Crippen LogP contribution in [-0.4, -0.2) is 22.6 Å². The van der Waals surface area contributed by atoms with Gasteiger partial charge in [0.15, 0.2) is 0 Å². The molecule has 1 aliphatic heterocycles. The molecule has 0 bridgehead atoms. The van der Waals surface area contributed by atoms with E-state index in [9.17, 15) is 0 Å². The molecule has 0 saturated heterocycles. The zero-order valence-electron chi connectivity index (χ0n) is 30.3. The van der Waals surface area contributed by atoms with Gasteiger partial charge in [-0.15, -0.1) is 11.3 Å². The minimum absolute atomic E-state index is 0.699. The fourth-order valence-corrected chi connectivity index (χ4v) is 14.0. The molecule has 5 heteroatoms. The van der Waals surface area contributed by atoms with Crippen molar-refractivity contribution in [3.63, 3.8) is 0 Å². The molecule has 4 heterocycles. The molecular weight excluding hydrogens is 703 g/mol. The lowest BCUT2D eigenvalue weighted by Crippen LogP contribution is -2.49. The summed E-state index contributed by atoms with van der Waals surface area (Å²) in [4.78, 5) is 12.0. The smallest absolute Gasteiger partial charge is 0.236 e. The first-order valence-electron chi connectivity index (χ1n) is 18.9. The van der Waals surface area contributed by atoms with Crippen LogP contribution in [0.5, 0.6) is 0 Å². The molecule has 11 aromatic rings. The molecule has 0 N–H and O–H groups in total. The van der Waals surface area contributed by atoms with Crippen molar-refractivity contribution in [2.75, 3.05) is 0 Å². The van der Waals surface area contributed by atoms with E-state index in [1.165, 1.54) is 75.0 Å². The summed E-state index contributed by atoms with van der Waals surface area (Å²) in [5, 5.41) is 12.9. The van der Waals surface area contributed by atoms with E-state index < -0.39 is 8.07 Å². The molecule has 0 atom stereocenters. The van der Waals surface area contributed by atoms with Crippen molar-refractivity contribution in [1.29, 1.82) is 0 Å². The number of thiophene rings is 1. The number of rotatable bonds is 3. The maximum Gasteiger partial charge on any atom is 0.236 e. The van der Waals surface area contributed by atoms with Crippen LogP contribution in [0.1, 0.15) is 0 Å². The molecule has 0 spiro atoms. The van der Waals surface area contributed by atoms with Crippen LogP contribution in [0.2, 0.25) is 13.1 Å². The van der Waals surface area contributed by atoms with Gasteiger partial charge in [-0.1, -0.05) is 153 Å². The average molecular weight is 736 g/mol. The van der Waals surface area contributed by atoms with E-state index in [0.717, 1.165) is 32.5 Å². The van der Waals surface area contributed by atoms with Gasteiger partial charge in [-0.05, 0) is 78.4 Å². The van der Waals surface area contributed by atoms with Gasteiger partial charge in [-0.3, -0.25) is 4.57 Å². The number of hydrogen-bond donors (Lipinski definition) is 0. The van der Waals surface area contributed by atoms with Gasteiger partial charge in [0, 0.05) is 31.8 Å². The fourth-order valence-electron chi connectivity index (χ4n) is 9.50. The number of para-hydroxylation sites is 1. The van der Waals surface area contributed by atoms with Crippen molar-refractivity contribution in [1.82, 2.24) is 14.5 Å². The molecule has 0 saturated carbocycles. The number of aromatic nitrogens is 3. The summed E-state index contributed by atoms with van der Waals surface area (Å²) in [6.07, 6.45) is 0. The van der Waals surface area contributed by atoms with Gasteiger partial charge in [0.2, 0.25) is 5.95 Å². The molecule has 12 rings (SSSR count). The third-order valence-corrected chi connectivity index (χ3v) is 16.6. The summed E-state index contributed by atoms with van der Waals surface area (Å²) in [7, 11) is -1.96. The lowest BCUT2D eigenvalue weighted by molar-refractivity contribution is 1.02. The molecule has 0 aliphatic carbocycles. The lowest BCUT2D eigenvalue weighted by atomic mass is 9.96. The lowest BCUT2D eigenvalue weighted by Gasteiger charge is -2.21. The SMILES string of the molecule is C[Si]1(C)c2ccccc2-c2ccc3cc4c5ccccc5n(-c5nc(-c6ccc(-c7cccc8ccccc78)cc6)c6c(n5)sc5ccccc56)c4cc3c21. The topological polar surface area (TPSA) is 30.7 Å². The van der Waals surface area contributed by atoms with Crippen molar-refractivity contribution in [3.8, 4) is 39.5 Å². The summed E-state index contributed by atoms with van der Waals surface area (Å²) >= 11 is 1.75. The van der Waals surface area contributed by atoms with E-state index in [-0.39, 0.29) is 0 Å². The minimum Gasteiger partial charge on any atom is -0.278 e. The monoisotopic (exact) mass is 735 g/mol. The van der Waals surface area contributed by atoms with E-state index in [0.29, 0.717) is 5.95 Å². The van der Waals surface area contributed by atoms with Crippen molar-refractivity contribution >= 4 is 93.4 Å². The van der Waals surface area contributed by atoms with Crippen LogP contribution < -0.4 is 10.4 Å². The third kappa shape index (κ3) is 4.36. The van der Waals surface area contributed by atoms with E-state index in [4.69, 9.17) is 9.97 Å². The van der Waals surface area contributed by atoms with Crippen molar-refractivity contribution < 1.29 is 0 Å². The van der Waals surface area contributed by atoms with Gasteiger partial charge < -0.3 is 0 Å². The Morgan fingerprint density at radius 2 is 1.20 bits per heavy atom.